The topological polar surface area (TPSA) is 44.8 Å². The highest BCUT2D eigenvalue weighted by atomic mass is 16.5. The molecule has 1 N–H and O–H groups in total. The van der Waals surface area contributed by atoms with Crippen molar-refractivity contribution in [2.24, 2.45) is 0 Å². The van der Waals surface area contributed by atoms with Gasteiger partial charge in [-0.2, -0.15) is 0 Å². The molecule has 0 aromatic heterocycles. The van der Waals surface area contributed by atoms with Crippen LogP contribution in [0.1, 0.15) is 30.9 Å². The van der Waals surface area contributed by atoms with Gasteiger partial charge in [0.25, 0.3) is 0 Å². The van der Waals surface area contributed by atoms with Crippen molar-refractivity contribution in [2.45, 2.75) is 30.9 Å². The number of likely N-dealkylation sites (N-methyl/N-ethyl adjacent to an activating group) is 1. The van der Waals surface area contributed by atoms with E-state index in [0.717, 1.165) is 32.5 Å². The zero-order valence-corrected chi connectivity index (χ0v) is 14.8. The Bertz CT molecular complexity index is 543. The maximum Gasteiger partial charge on any atom is 0.234 e. The third-order valence-corrected chi connectivity index (χ3v) is 5.26. The van der Waals surface area contributed by atoms with Gasteiger partial charge in [-0.15, -0.1) is 0 Å². The molecule has 2 aliphatic rings. The van der Waals surface area contributed by atoms with Gasteiger partial charge < -0.3 is 15.0 Å². The number of hydrogen-bond acceptors (Lipinski definition) is 4. The van der Waals surface area contributed by atoms with Crippen LogP contribution in [0.25, 0.3) is 0 Å². The van der Waals surface area contributed by atoms with E-state index >= 15 is 0 Å². The average molecular weight is 331 g/mol. The number of nitrogens with zero attached hydrogens (tertiary/aromatic N) is 2. The first-order valence-corrected chi connectivity index (χ1v) is 8.92. The molecule has 1 amide bonds. The quantitative estimate of drug-likeness (QED) is 0.861. The van der Waals surface area contributed by atoms with E-state index in [1.807, 2.05) is 32.3 Å². The molecule has 1 spiro atoms. The van der Waals surface area contributed by atoms with Crippen LogP contribution in [-0.2, 0) is 9.53 Å². The summed E-state index contributed by atoms with van der Waals surface area (Å²) < 4.78 is 5.92. The lowest BCUT2D eigenvalue weighted by Gasteiger charge is -2.48. The third-order valence-electron chi connectivity index (χ3n) is 5.26. The smallest absolute Gasteiger partial charge is 0.234 e. The molecule has 1 atom stereocenters. The van der Waals surface area contributed by atoms with E-state index in [0.29, 0.717) is 13.1 Å². The van der Waals surface area contributed by atoms with Gasteiger partial charge in [0, 0.05) is 19.6 Å². The molecule has 1 saturated heterocycles. The predicted octanol–water partition coefficient (Wildman–Crippen LogP) is 1.66. The lowest BCUT2D eigenvalue weighted by Crippen LogP contribution is -2.57. The Hall–Kier alpha value is -1.43. The molecule has 24 heavy (non-hydrogen) atoms. The van der Waals surface area contributed by atoms with E-state index in [9.17, 15) is 4.79 Å². The summed E-state index contributed by atoms with van der Waals surface area (Å²) in [5.74, 6) is 0.106. The van der Waals surface area contributed by atoms with Crippen molar-refractivity contribution in [3.63, 3.8) is 0 Å². The van der Waals surface area contributed by atoms with Crippen molar-refractivity contribution in [3.8, 4) is 0 Å². The maximum atomic E-state index is 12.4. The van der Waals surface area contributed by atoms with Crippen LogP contribution in [0.15, 0.2) is 30.3 Å². The fraction of sp³-hybridized carbons (Fsp3) is 0.632. The fourth-order valence-corrected chi connectivity index (χ4v) is 3.68. The summed E-state index contributed by atoms with van der Waals surface area (Å²) in [6.07, 6.45) is 3.53. The van der Waals surface area contributed by atoms with Crippen molar-refractivity contribution < 1.29 is 9.53 Å². The van der Waals surface area contributed by atoms with Gasteiger partial charge >= 0.3 is 0 Å². The van der Waals surface area contributed by atoms with Gasteiger partial charge in [-0.25, -0.2) is 0 Å². The zero-order chi connectivity index (χ0) is 17.0. The number of carbonyl (C=O) groups is 1. The molecule has 1 aromatic rings. The van der Waals surface area contributed by atoms with Gasteiger partial charge in [-0.3, -0.25) is 9.69 Å². The monoisotopic (exact) mass is 331 g/mol. The van der Waals surface area contributed by atoms with Crippen LogP contribution in [-0.4, -0.2) is 68.2 Å². The fourth-order valence-electron chi connectivity index (χ4n) is 3.68. The summed E-state index contributed by atoms with van der Waals surface area (Å²) in [5.41, 5.74) is 1.27. The molecule has 1 saturated carbocycles. The number of hydrogen-bond donors (Lipinski definition) is 1. The van der Waals surface area contributed by atoms with Crippen molar-refractivity contribution in [1.29, 1.82) is 0 Å². The zero-order valence-electron chi connectivity index (χ0n) is 14.8. The number of nitrogens with one attached hydrogen (secondary N) is 1. The highest BCUT2D eigenvalue weighted by Crippen LogP contribution is 2.37. The second kappa shape index (κ2) is 7.64. The largest absolute Gasteiger partial charge is 0.372 e. The molecular weight excluding hydrogens is 302 g/mol. The summed E-state index contributed by atoms with van der Waals surface area (Å²) in [6.45, 7) is 3.60. The Morgan fingerprint density at radius 3 is 2.71 bits per heavy atom. The molecule has 2 fully saturated rings. The summed E-state index contributed by atoms with van der Waals surface area (Å²) in [5, 5.41) is 3.11. The molecule has 1 aliphatic heterocycles. The number of morpholine rings is 1. The second-order valence-corrected chi connectivity index (χ2v) is 7.29. The molecule has 1 aliphatic carbocycles. The molecule has 0 radical (unpaired) electrons. The Kier molecular flexibility index (Phi) is 5.54. The molecule has 1 unspecified atom stereocenters. The lowest BCUT2D eigenvalue weighted by atomic mass is 9.79. The first kappa shape index (κ1) is 17.4. The second-order valence-electron chi connectivity index (χ2n) is 7.29. The van der Waals surface area contributed by atoms with Gasteiger partial charge in [-0.05, 0) is 38.9 Å². The molecule has 3 rings (SSSR count). The summed E-state index contributed by atoms with van der Waals surface area (Å²) in [7, 11) is 4.10. The number of ether oxygens (including phenoxy) is 1. The van der Waals surface area contributed by atoms with Crippen LogP contribution in [0.3, 0.4) is 0 Å². The Morgan fingerprint density at radius 1 is 1.33 bits per heavy atom. The molecule has 5 heteroatoms. The summed E-state index contributed by atoms with van der Waals surface area (Å²) in [4.78, 5) is 16.8. The maximum absolute atomic E-state index is 12.4. The number of benzene rings is 1. The van der Waals surface area contributed by atoms with Crippen LogP contribution >= 0.6 is 0 Å². The van der Waals surface area contributed by atoms with Crippen LogP contribution in [0.4, 0.5) is 0 Å². The highest BCUT2D eigenvalue weighted by Gasteiger charge is 2.42. The van der Waals surface area contributed by atoms with Crippen LogP contribution in [0, 0.1) is 0 Å². The minimum atomic E-state index is 0.0503. The minimum Gasteiger partial charge on any atom is -0.372 e. The Balaban J connectivity index is 1.49. The van der Waals surface area contributed by atoms with Gasteiger partial charge in [-0.1, -0.05) is 30.3 Å². The Morgan fingerprint density at radius 2 is 2.08 bits per heavy atom. The summed E-state index contributed by atoms with van der Waals surface area (Å²) >= 11 is 0. The molecule has 0 bridgehead atoms. The molecule has 132 valence electrons. The van der Waals surface area contributed by atoms with Gasteiger partial charge in [0.1, 0.15) is 0 Å². The van der Waals surface area contributed by atoms with Crippen LogP contribution < -0.4 is 5.32 Å². The van der Waals surface area contributed by atoms with Gasteiger partial charge in [0.2, 0.25) is 5.91 Å². The van der Waals surface area contributed by atoms with E-state index in [-0.39, 0.29) is 17.6 Å². The van der Waals surface area contributed by atoms with E-state index < -0.39 is 0 Å². The molecular formula is C19H29N3O2. The van der Waals surface area contributed by atoms with Gasteiger partial charge in [0.15, 0.2) is 0 Å². The van der Waals surface area contributed by atoms with E-state index in [4.69, 9.17) is 4.74 Å². The van der Waals surface area contributed by atoms with E-state index in [2.05, 4.69) is 27.2 Å². The van der Waals surface area contributed by atoms with E-state index in [1.165, 1.54) is 12.0 Å². The molecule has 1 heterocycles. The van der Waals surface area contributed by atoms with Crippen molar-refractivity contribution in [3.05, 3.63) is 35.9 Å². The Labute approximate surface area is 145 Å². The van der Waals surface area contributed by atoms with Crippen LogP contribution in [0.2, 0.25) is 0 Å². The first-order valence-electron chi connectivity index (χ1n) is 8.92. The minimum absolute atomic E-state index is 0.0503. The summed E-state index contributed by atoms with van der Waals surface area (Å²) in [6, 6.07) is 10.5. The SMILES string of the molecule is CN(C)C(CNC(=O)CN1CCOC2(CCC2)C1)c1ccccc1. The van der Waals surface area contributed by atoms with Crippen molar-refractivity contribution in [1.82, 2.24) is 15.1 Å². The van der Waals surface area contributed by atoms with Crippen molar-refractivity contribution >= 4 is 5.91 Å². The number of rotatable bonds is 6. The first-order chi connectivity index (χ1) is 11.6. The standard InChI is InChI=1S/C19H29N3O2/c1-21(2)17(16-7-4-3-5-8-16)13-20-18(23)14-22-11-12-24-19(15-22)9-6-10-19/h3-5,7-8,17H,6,9-15H2,1-2H3,(H,20,23). The van der Waals surface area contributed by atoms with Crippen molar-refractivity contribution in [2.75, 3.05) is 46.9 Å². The molecule has 1 aromatic carbocycles. The molecule has 5 nitrogen and oxygen atoms in total. The lowest BCUT2D eigenvalue weighted by molar-refractivity contribution is -0.154. The van der Waals surface area contributed by atoms with Gasteiger partial charge in [0.05, 0.1) is 24.8 Å². The van der Waals surface area contributed by atoms with E-state index in [1.54, 1.807) is 0 Å². The normalized spacial score (nSPS) is 21.5. The number of carbonyl (C=O) groups excluding carboxylic acids is 1. The van der Waals surface area contributed by atoms with Crippen LogP contribution in [0.5, 0.6) is 0 Å². The third kappa shape index (κ3) is 4.15. The number of amides is 1. The highest BCUT2D eigenvalue weighted by molar-refractivity contribution is 5.78. The average Bonchev–Trinajstić information content (AvgIpc) is 2.54. The predicted molar refractivity (Wildman–Crippen MR) is 94.9 cm³/mol.